The fourth-order valence-corrected chi connectivity index (χ4v) is 3.06. The van der Waals surface area contributed by atoms with Gasteiger partial charge in [0, 0.05) is 37.9 Å². The Balaban J connectivity index is 2.30. The first-order valence-corrected chi connectivity index (χ1v) is 8.44. The number of para-hydroxylation sites is 1. The number of allylic oxidation sites excluding steroid dienone is 1. The van der Waals surface area contributed by atoms with Crippen LogP contribution in [0.15, 0.2) is 35.9 Å². The number of benzene rings is 1. The lowest BCUT2D eigenvalue weighted by Gasteiger charge is -2.30. The molecule has 120 valence electrons. The van der Waals surface area contributed by atoms with Crippen molar-refractivity contribution in [2.75, 3.05) is 24.5 Å². The third-order valence-electron chi connectivity index (χ3n) is 4.03. The van der Waals surface area contributed by atoms with Crippen molar-refractivity contribution in [3.63, 3.8) is 0 Å². The smallest absolute Gasteiger partial charge is 0.173 e. The van der Waals surface area contributed by atoms with Gasteiger partial charge in [0.2, 0.25) is 0 Å². The van der Waals surface area contributed by atoms with Crippen LogP contribution in [0, 0.1) is 0 Å². The standard InChI is InChI=1S/C18H27N3S/c1-5-19-18(22)21-12-15(4)20(11-10-14(2)3)13-16-8-6-7-9-17(16)21/h6-10,15H,5,11-13H2,1-4H3,(H,19,22)/t15-/m0/s1. The van der Waals surface area contributed by atoms with E-state index in [0.717, 1.165) is 31.3 Å². The molecule has 3 nitrogen and oxygen atoms in total. The molecule has 1 aliphatic heterocycles. The Labute approximate surface area is 140 Å². The molecule has 0 radical (unpaired) electrons. The Morgan fingerprint density at radius 2 is 2.09 bits per heavy atom. The Kier molecular flexibility index (Phi) is 5.98. The summed E-state index contributed by atoms with van der Waals surface area (Å²) in [4.78, 5) is 4.77. The van der Waals surface area contributed by atoms with E-state index in [-0.39, 0.29) is 0 Å². The zero-order valence-electron chi connectivity index (χ0n) is 14.1. The van der Waals surface area contributed by atoms with Crippen LogP contribution in [0.1, 0.15) is 33.3 Å². The molecule has 1 N–H and O–H groups in total. The molecular weight excluding hydrogens is 290 g/mol. The minimum Gasteiger partial charge on any atom is -0.363 e. The van der Waals surface area contributed by atoms with Crippen LogP contribution in [0.25, 0.3) is 0 Å². The van der Waals surface area contributed by atoms with Gasteiger partial charge in [0.05, 0.1) is 0 Å². The summed E-state index contributed by atoms with van der Waals surface area (Å²) in [6.07, 6.45) is 2.30. The topological polar surface area (TPSA) is 18.5 Å². The predicted molar refractivity (Wildman–Crippen MR) is 99.4 cm³/mol. The molecule has 2 rings (SSSR count). The second-order valence-corrected chi connectivity index (χ2v) is 6.52. The molecule has 0 amide bonds. The molecule has 0 spiro atoms. The lowest BCUT2D eigenvalue weighted by molar-refractivity contribution is 0.233. The second kappa shape index (κ2) is 7.75. The van der Waals surface area contributed by atoms with Gasteiger partial charge in [-0.3, -0.25) is 4.90 Å². The molecule has 0 saturated carbocycles. The van der Waals surface area contributed by atoms with Crippen LogP contribution < -0.4 is 10.2 Å². The van der Waals surface area contributed by atoms with Crippen LogP contribution in [0.3, 0.4) is 0 Å². The summed E-state index contributed by atoms with van der Waals surface area (Å²) in [5.74, 6) is 0. The number of nitrogens with zero attached hydrogens (tertiary/aromatic N) is 2. The summed E-state index contributed by atoms with van der Waals surface area (Å²) in [5, 5.41) is 4.12. The third kappa shape index (κ3) is 4.08. The lowest BCUT2D eigenvalue weighted by Crippen LogP contribution is -2.45. The van der Waals surface area contributed by atoms with E-state index in [1.807, 2.05) is 0 Å². The van der Waals surface area contributed by atoms with E-state index in [9.17, 15) is 0 Å². The van der Waals surface area contributed by atoms with Crippen molar-refractivity contribution in [1.82, 2.24) is 10.2 Å². The van der Waals surface area contributed by atoms with Crippen LogP contribution in [-0.2, 0) is 6.54 Å². The van der Waals surface area contributed by atoms with Crippen LogP contribution in [0.4, 0.5) is 5.69 Å². The molecule has 1 aliphatic rings. The van der Waals surface area contributed by atoms with E-state index in [4.69, 9.17) is 12.2 Å². The van der Waals surface area contributed by atoms with Crippen molar-refractivity contribution in [3.05, 3.63) is 41.5 Å². The molecule has 1 atom stereocenters. The molecule has 0 aromatic heterocycles. The molecule has 0 saturated heterocycles. The molecule has 0 unspecified atom stereocenters. The maximum Gasteiger partial charge on any atom is 0.173 e. The average molecular weight is 318 g/mol. The zero-order valence-corrected chi connectivity index (χ0v) is 14.9. The Hall–Kier alpha value is -1.39. The fourth-order valence-electron chi connectivity index (χ4n) is 2.74. The first-order valence-electron chi connectivity index (χ1n) is 8.03. The van der Waals surface area contributed by atoms with E-state index >= 15 is 0 Å². The van der Waals surface area contributed by atoms with Crippen LogP contribution in [0.5, 0.6) is 0 Å². The van der Waals surface area contributed by atoms with Crippen molar-refractivity contribution in [2.45, 2.75) is 40.3 Å². The van der Waals surface area contributed by atoms with Gasteiger partial charge in [-0.15, -0.1) is 0 Å². The fraction of sp³-hybridized carbons (Fsp3) is 0.500. The average Bonchev–Trinajstić information content (AvgIpc) is 2.62. The minimum atomic E-state index is 0.444. The Morgan fingerprint density at radius 3 is 2.77 bits per heavy atom. The van der Waals surface area contributed by atoms with Crippen LogP contribution in [0.2, 0.25) is 0 Å². The summed E-state index contributed by atoms with van der Waals surface area (Å²) < 4.78 is 0. The quantitative estimate of drug-likeness (QED) is 0.678. The molecular formula is C18H27N3S. The van der Waals surface area contributed by atoms with Gasteiger partial charge in [0.25, 0.3) is 0 Å². The third-order valence-corrected chi connectivity index (χ3v) is 4.40. The highest BCUT2D eigenvalue weighted by Crippen LogP contribution is 2.27. The van der Waals surface area contributed by atoms with Gasteiger partial charge in [-0.2, -0.15) is 0 Å². The molecule has 1 heterocycles. The maximum absolute atomic E-state index is 5.59. The van der Waals surface area contributed by atoms with Crippen LogP contribution >= 0.6 is 12.2 Å². The number of nitrogens with one attached hydrogen (secondary N) is 1. The highest BCUT2D eigenvalue weighted by Gasteiger charge is 2.26. The van der Waals surface area contributed by atoms with E-state index in [1.54, 1.807) is 0 Å². The van der Waals surface area contributed by atoms with Crippen molar-refractivity contribution >= 4 is 23.0 Å². The first kappa shape index (κ1) is 17.0. The largest absolute Gasteiger partial charge is 0.363 e. The second-order valence-electron chi connectivity index (χ2n) is 6.13. The number of hydrogen-bond acceptors (Lipinski definition) is 2. The van der Waals surface area contributed by atoms with Crippen LogP contribution in [-0.4, -0.2) is 35.7 Å². The number of anilines is 1. The SMILES string of the molecule is CCNC(=S)N1C[C@H](C)N(CC=C(C)C)Cc2ccccc21. The van der Waals surface area contributed by atoms with Crippen molar-refractivity contribution in [3.8, 4) is 0 Å². The highest BCUT2D eigenvalue weighted by atomic mass is 32.1. The van der Waals surface area contributed by atoms with Gasteiger partial charge in [-0.25, -0.2) is 0 Å². The summed E-state index contributed by atoms with van der Waals surface area (Å²) in [6.45, 7) is 12.4. The van der Waals surface area contributed by atoms with E-state index in [1.165, 1.54) is 16.8 Å². The van der Waals surface area contributed by atoms with Crippen molar-refractivity contribution in [2.24, 2.45) is 0 Å². The van der Waals surface area contributed by atoms with Gasteiger partial charge >= 0.3 is 0 Å². The molecule has 0 bridgehead atoms. The van der Waals surface area contributed by atoms with Gasteiger partial charge < -0.3 is 10.2 Å². The monoisotopic (exact) mass is 317 g/mol. The summed E-state index contributed by atoms with van der Waals surface area (Å²) in [6, 6.07) is 9.04. The minimum absolute atomic E-state index is 0.444. The predicted octanol–water partition coefficient (Wildman–Crippen LogP) is 3.56. The molecule has 1 aromatic carbocycles. The number of fused-ring (bicyclic) bond motifs is 1. The molecule has 1 aromatic rings. The van der Waals surface area contributed by atoms with Gasteiger partial charge in [-0.05, 0) is 51.5 Å². The number of hydrogen-bond donors (Lipinski definition) is 1. The highest BCUT2D eigenvalue weighted by molar-refractivity contribution is 7.80. The normalized spacial score (nSPS) is 18.4. The number of thiocarbonyl (C=S) groups is 1. The van der Waals surface area contributed by atoms with Gasteiger partial charge in [-0.1, -0.05) is 29.8 Å². The molecule has 0 fully saturated rings. The summed E-state index contributed by atoms with van der Waals surface area (Å²) in [5.41, 5.74) is 3.94. The van der Waals surface area contributed by atoms with E-state index in [2.05, 4.69) is 73.2 Å². The maximum atomic E-state index is 5.59. The Morgan fingerprint density at radius 1 is 1.36 bits per heavy atom. The Bertz CT molecular complexity index is 549. The zero-order chi connectivity index (χ0) is 16.1. The lowest BCUT2D eigenvalue weighted by atomic mass is 10.1. The molecule has 0 aliphatic carbocycles. The van der Waals surface area contributed by atoms with E-state index in [0.29, 0.717) is 6.04 Å². The molecule has 4 heteroatoms. The van der Waals surface area contributed by atoms with E-state index < -0.39 is 0 Å². The summed E-state index contributed by atoms with van der Waals surface area (Å²) >= 11 is 5.59. The number of rotatable bonds is 3. The van der Waals surface area contributed by atoms with Crippen molar-refractivity contribution in [1.29, 1.82) is 0 Å². The first-order chi connectivity index (χ1) is 10.5. The van der Waals surface area contributed by atoms with Gasteiger partial charge in [0.15, 0.2) is 5.11 Å². The summed E-state index contributed by atoms with van der Waals surface area (Å²) in [7, 11) is 0. The molecule has 22 heavy (non-hydrogen) atoms. The van der Waals surface area contributed by atoms with Crippen molar-refractivity contribution < 1.29 is 0 Å². The van der Waals surface area contributed by atoms with Gasteiger partial charge in [0.1, 0.15) is 0 Å².